The van der Waals surface area contributed by atoms with Gasteiger partial charge in [-0.15, -0.1) is 0 Å². The van der Waals surface area contributed by atoms with Crippen molar-refractivity contribution in [3.8, 4) is 5.75 Å². The summed E-state index contributed by atoms with van der Waals surface area (Å²) in [6.45, 7) is 2.30. The van der Waals surface area contributed by atoms with E-state index >= 15 is 0 Å². The third-order valence-corrected chi connectivity index (χ3v) is 2.82. The van der Waals surface area contributed by atoms with Gasteiger partial charge < -0.3 is 15.2 Å². The first-order valence-electron chi connectivity index (χ1n) is 6.07. The minimum absolute atomic E-state index is 0.0144. The number of carbonyl (C=O) groups excluding carboxylic acids is 1. The fourth-order valence-electron chi connectivity index (χ4n) is 1.92. The number of ether oxygens (including phenoxy) is 1. The second-order valence-electron chi connectivity index (χ2n) is 4.08. The molecule has 1 aromatic carbocycles. The molecule has 0 saturated carbocycles. The number of amides is 1. The molecule has 0 atom stereocenters. The predicted octanol–water partition coefficient (Wildman–Crippen LogP) is 1.69. The number of methoxy groups -OCH3 is 1. The van der Waals surface area contributed by atoms with Crippen LogP contribution >= 0.6 is 0 Å². The number of pyridine rings is 1. The number of benzene rings is 1. The highest BCUT2D eigenvalue weighted by molar-refractivity contribution is 6.01. The van der Waals surface area contributed by atoms with E-state index in [1.165, 1.54) is 13.2 Å². The first-order chi connectivity index (χ1) is 9.58. The normalized spacial score (nSPS) is 10.3. The zero-order chi connectivity index (χ0) is 14.7. The van der Waals surface area contributed by atoms with Crippen LogP contribution in [0.5, 0.6) is 5.75 Å². The number of carboxylic acid groups (broad SMARTS) is 1. The number of rotatable bonds is 4. The van der Waals surface area contributed by atoms with Gasteiger partial charge in [-0.05, 0) is 19.1 Å². The second kappa shape index (κ2) is 5.56. The lowest BCUT2D eigenvalue weighted by Crippen LogP contribution is -2.23. The van der Waals surface area contributed by atoms with Crippen LogP contribution in [0, 0.1) is 0 Å². The van der Waals surface area contributed by atoms with Crippen molar-refractivity contribution in [3.05, 3.63) is 35.5 Å². The molecule has 1 heterocycles. The Kier molecular flexibility index (Phi) is 3.84. The average Bonchev–Trinajstić information content (AvgIpc) is 2.45. The summed E-state index contributed by atoms with van der Waals surface area (Å²) in [5.74, 6) is -1.26. The van der Waals surface area contributed by atoms with E-state index in [-0.39, 0.29) is 22.9 Å². The molecule has 104 valence electrons. The largest absolute Gasteiger partial charge is 0.494 e. The lowest BCUT2D eigenvalue weighted by Gasteiger charge is -2.09. The van der Waals surface area contributed by atoms with E-state index in [0.29, 0.717) is 17.4 Å². The Morgan fingerprint density at radius 1 is 1.30 bits per heavy atom. The quantitative estimate of drug-likeness (QED) is 0.885. The Hall–Kier alpha value is -2.63. The maximum absolute atomic E-state index is 11.8. The molecule has 2 rings (SSSR count). The van der Waals surface area contributed by atoms with Gasteiger partial charge in [-0.2, -0.15) is 0 Å². The number of aromatic nitrogens is 1. The van der Waals surface area contributed by atoms with Crippen molar-refractivity contribution in [2.45, 2.75) is 6.92 Å². The van der Waals surface area contributed by atoms with Crippen LogP contribution in [0.2, 0.25) is 0 Å². The third kappa shape index (κ3) is 2.40. The van der Waals surface area contributed by atoms with Crippen LogP contribution in [-0.2, 0) is 0 Å². The summed E-state index contributed by atoms with van der Waals surface area (Å²) in [6.07, 6.45) is 0. The van der Waals surface area contributed by atoms with E-state index in [4.69, 9.17) is 9.84 Å². The highest BCUT2D eigenvalue weighted by Gasteiger charge is 2.16. The first kappa shape index (κ1) is 13.8. The number of fused-ring (bicyclic) bond motifs is 1. The van der Waals surface area contributed by atoms with Gasteiger partial charge in [-0.1, -0.05) is 12.1 Å². The Morgan fingerprint density at radius 3 is 2.60 bits per heavy atom. The zero-order valence-electron chi connectivity index (χ0n) is 11.1. The van der Waals surface area contributed by atoms with Crippen molar-refractivity contribution in [2.75, 3.05) is 13.7 Å². The van der Waals surface area contributed by atoms with Gasteiger partial charge in [0.25, 0.3) is 5.91 Å². The monoisotopic (exact) mass is 274 g/mol. The van der Waals surface area contributed by atoms with E-state index in [2.05, 4.69) is 10.3 Å². The minimum atomic E-state index is -1.10. The van der Waals surface area contributed by atoms with E-state index < -0.39 is 5.97 Å². The molecule has 6 heteroatoms. The van der Waals surface area contributed by atoms with Crippen LogP contribution in [0.15, 0.2) is 24.3 Å². The minimum Gasteiger partial charge on any atom is -0.494 e. The topological polar surface area (TPSA) is 88.5 Å². The van der Waals surface area contributed by atoms with Crippen LogP contribution in [0.1, 0.15) is 27.8 Å². The number of aromatic carboxylic acids is 1. The summed E-state index contributed by atoms with van der Waals surface area (Å²) in [7, 11) is 1.38. The fraction of sp³-hybridized carbons (Fsp3) is 0.214. The number of carboxylic acids is 1. The van der Waals surface area contributed by atoms with Gasteiger partial charge in [-0.25, -0.2) is 9.78 Å². The highest BCUT2D eigenvalue weighted by atomic mass is 16.5. The van der Waals surface area contributed by atoms with Crippen molar-refractivity contribution in [1.82, 2.24) is 10.3 Å². The number of hydrogen-bond donors (Lipinski definition) is 2. The zero-order valence-corrected chi connectivity index (χ0v) is 11.1. The average molecular weight is 274 g/mol. The number of nitrogens with one attached hydrogen (secondary N) is 1. The summed E-state index contributed by atoms with van der Waals surface area (Å²) >= 11 is 0. The Bertz CT molecular complexity index is 682. The fourth-order valence-corrected chi connectivity index (χ4v) is 1.92. The number of carbonyl (C=O) groups is 2. The molecule has 0 radical (unpaired) electrons. The molecule has 6 nitrogen and oxygen atoms in total. The molecule has 2 N–H and O–H groups in total. The Balaban J connectivity index is 2.65. The van der Waals surface area contributed by atoms with Gasteiger partial charge in [0.05, 0.1) is 7.11 Å². The van der Waals surface area contributed by atoms with Crippen LogP contribution in [0.3, 0.4) is 0 Å². The summed E-state index contributed by atoms with van der Waals surface area (Å²) in [5.41, 5.74) is 0.594. The molecule has 0 spiro atoms. The van der Waals surface area contributed by atoms with Crippen molar-refractivity contribution < 1.29 is 19.4 Å². The molecular formula is C14H14N2O4. The third-order valence-electron chi connectivity index (χ3n) is 2.82. The van der Waals surface area contributed by atoms with Gasteiger partial charge in [0, 0.05) is 11.9 Å². The molecule has 2 aromatic rings. The SMILES string of the molecule is CCNC(=O)c1ccc2ccc(C(=O)O)c(OC)c2n1. The van der Waals surface area contributed by atoms with Crippen molar-refractivity contribution in [1.29, 1.82) is 0 Å². The van der Waals surface area contributed by atoms with Crippen molar-refractivity contribution in [3.63, 3.8) is 0 Å². The molecule has 0 unspecified atom stereocenters. The summed E-state index contributed by atoms with van der Waals surface area (Å²) < 4.78 is 5.14. The van der Waals surface area contributed by atoms with Gasteiger partial charge in [0.1, 0.15) is 16.8 Å². The molecule has 0 aliphatic rings. The first-order valence-corrected chi connectivity index (χ1v) is 6.07. The maximum atomic E-state index is 11.8. The molecule has 0 saturated heterocycles. The molecule has 0 bridgehead atoms. The van der Waals surface area contributed by atoms with E-state index in [1.807, 2.05) is 6.92 Å². The summed E-state index contributed by atoms with van der Waals surface area (Å²) in [5, 5.41) is 12.5. The molecule has 1 amide bonds. The molecule has 1 aromatic heterocycles. The molecular weight excluding hydrogens is 260 g/mol. The maximum Gasteiger partial charge on any atom is 0.339 e. The highest BCUT2D eigenvalue weighted by Crippen LogP contribution is 2.28. The van der Waals surface area contributed by atoms with E-state index in [1.54, 1.807) is 18.2 Å². The van der Waals surface area contributed by atoms with Crippen LogP contribution in [-0.4, -0.2) is 35.6 Å². The van der Waals surface area contributed by atoms with E-state index in [9.17, 15) is 9.59 Å². The number of nitrogens with zero attached hydrogens (tertiary/aromatic N) is 1. The van der Waals surface area contributed by atoms with Gasteiger partial charge in [0.2, 0.25) is 0 Å². The van der Waals surface area contributed by atoms with E-state index in [0.717, 1.165) is 0 Å². The molecule has 0 aliphatic heterocycles. The van der Waals surface area contributed by atoms with Gasteiger partial charge >= 0.3 is 5.97 Å². The van der Waals surface area contributed by atoms with Crippen LogP contribution < -0.4 is 10.1 Å². The summed E-state index contributed by atoms with van der Waals surface area (Å²) in [6, 6.07) is 6.39. The molecule has 20 heavy (non-hydrogen) atoms. The van der Waals surface area contributed by atoms with Crippen molar-refractivity contribution in [2.24, 2.45) is 0 Å². The lowest BCUT2D eigenvalue weighted by molar-refractivity contribution is 0.0693. The Labute approximate surface area is 115 Å². The van der Waals surface area contributed by atoms with Crippen LogP contribution in [0.4, 0.5) is 0 Å². The second-order valence-corrected chi connectivity index (χ2v) is 4.08. The van der Waals surface area contributed by atoms with Gasteiger partial charge in [0.15, 0.2) is 5.75 Å². The molecule has 0 fully saturated rings. The standard InChI is InChI=1S/C14H14N2O4/c1-3-15-13(17)10-7-5-8-4-6-9(14(18)19)12(20-2)11(8)16-10/h4-7H,3H2,1-2H3,(H,15,17)(H,18,19). The Morgan fingerprint density at radius 2 is 2.00 bits per heavy atom. The lowest BCUT2D eigenvalue weighted by atomic mass is 10.1. The summed E-state index contributed by atoms with van der Waals surface area (Å²) in [4.78, 5) is 27.1. The number of hydrogen-bond acceptors (Lipinski definition) is 4. The van der Waals surface area contributed by atoms with Gasteiger partial charge in [-0.3, -0.25) is 4.79 Å². The van der Waals surface area contributed by atoms with Crippen LogP contribution in [0.25, 0.3) is 10.9 Å². The smallest absolute Gasteiger partial charge is 0.339 e. The molecule has 0 aliphatic carbocycles. The predicted molar refractivity (Wildman–Crippen MR) is 73.3 cm³/mol. The van der Waals surface area contributed by atoms with Crippen molar-refractivity contribution >= 4 is 22.8 Å².